The molecule has 0 amide bonds. The third-order valence-corrected chi connectivity index (χ3v) is 25.9. The Bertz CT molecular complexity index is 2120. The van der Waals surface area contributed by atoms with Crippen molar-refractivity contribution in [3.63, 3.8) is 0 Å². The number of carbonyl (C=O) groups excluding carboxylic acids is 1. The molecule has 76 heavy (non-hydrogen) atoms. The molecule has 3 heterocycles. The van der Waals surface area contributed by atoms with Crippen molar-refractivity contribution in [3.8, 4) is 5.75 Å². The van der Waals surface area contributed by atoms with Gasteiger partial charge < -0.3 is 51.4 Å². The minimum absolute atomic E-state index is 0.0291. The van der Waals surface area contributed by atoms with E-state index in [9.17, 15) is 4.79 Å². The van der Waals surface area contributed by atoms with Crippen molar-refractivity contribution in [2.24, 2.45) is 5.41 Å². The van der Waals surface area contributed by atoms with Gasteiger partial charge in [-0.1, -0.05) is 122 Å². The summed E-state index contributed by atoms with van der Waals surface area (Å²) in [5.41, 5.74) is 2.41. The molecule has 0 bridgehead atoms. The van der Waals surface area contributed by atoms with Gasteiger partial charge >= 0.3 is 5.91 Å². The van der Waals surface area contributed by atoms with Crippen LogP contribution in [0.4, 0.5) is 0 Å². The van der Waals surface area contributed by atoms with Crippen molar-refractivity contribution in [3.05, 3.63) is 90.0 Å². The van der Waals surface area contributed by atoms with E-state index in [1.807, 2.05) is 75.4 Å². The Labute approximate surface area is 469 Å². The van der Waals surface area contributed by atoms with Crippen LogP contribution in [0.2, 0.25) is 36.3 Å². The molecule has 3 aliphatic rings. The first-order chi connectivity index (χ1) is 35.5. The van der Waals surface area contributed by atoms with Crippen molar-refractivity contribution in [1.82, 2.24) is 0 Å². The summed E-state index contributed by atoms with van der Waals surface area (Å²) in [6, 6.07) is 18.1. The van der Waals surface area contributed by atoms with Gasteiger partial charge in [-0.25, -0.2) is 0 Å². The normalized spacial score (nSPS) is 25.6. The third kappa shape index (κ3) is 19.2. The Morgan fingerprint density at radius 2 is 1.50 bits per heavy atom. The molecule has 0 aromatic heterocycles. The van der Waals surface area contributed by atoms with Crippen molar-refractivity contribution in [2.75, 3.05) is 27.6 Å². The lowest BCUT2D eigenvalue weighted by Crippen LogP contribution is -2.59. The van der Waals surface area contributed by atoms with Crippen molar-refractivity contribution < 1.29 is 56.2 Å². The molecule has 3 aliphatic heterocycles. The molecule has 0 N–H and O–H groups in total. The number of ketones is 1. The molecule has 17 heteroatoms. The Morgan fingerprint density at radius 1 is 0.842 bits per heavy atom. The molecule has 0 aliphatic carbocycles. The summed E-state index contributed by atoms with van der Waals surface area (Å²) in [6.45, 7) is 34.9. The Kier molecular flexibility index (Phi) is 24.7. The first-order valence-electron chi connectivity index (χ1n) is 27.9. The molecule has 11 atom stereocenters. The largest absolute Gasteiger partial charge is 0.497 e. The molecule has 428 valence electrons. The number of ether oxygens (including phenoxy) is 8. The maximum Gasteiger partial charge on any atom is 0.380 e. The quantitative estimate of drug-likeness (QED) is 0.0218. The third-order valence-electron chi connectivity index (χ3n) is 16.6. The van der Waals surface area contributed by atoms with E-state index in [2.05, 4.69) is 108 Å². The average Bonchev–Trinajstić information content (AvgIpc) is 3.33. The first kappa shape index (κ1) is 65.1. The van der Waals surface area contributed by atoms with Gasteiger partial charge in [-0.2, -0.15) is 12.5 Å². The van der Waals surface area contributed by atoms with Crippen LogP contribution in [0.15, 0.2) is 78.9 Å². The second-order valence-electron chi connectivity index (χ2n) is 25.2. The van der Waals surface area contributed by atoms with E-state index >= 15 is 0 Å². The fourth-order valence-electron chi connectivity index (χ4n) is 9.98. The summed E-state index contributed by atoms with van der Waals surface area (Å²) >= 11 is 4.43. The highest BCUT2D eigenvalue weighted by Crippen LogP contribution is 2.46. The SMILES string of the molecule is C=C1C[C@@H](C[C@H]2C[C@@H](O[Si](C)(C)C(C)(C)C)C[C@@H](C[C@H](CCOB(P)S)OCc3ccc(OC)cc3)O2)O[C@@H](C=CC(C)(C)[C@]2(OC)O[C@H](C[C@@H](O[Si](C)(C)C(C)(C)C)[C@@H](C)OCOCc3ccccc3)CCC2=O)C1. The van der Waals surface area contributed by atoms with Crippen LogP contribution >= 0.6 is 21.6 Å². The van der Waals surface area contributed by atoms with E-state index < -0.39 is 27.8 Å². The van der Waals surface area contributed by atoms with E-state index in [1.165, 1.54) is 0 Å². The number of carbonyl (C=O) groups is 1. The van der Waals surface area contributed by atoms with Gasteiger partial charge in [-0.05, 0) is 111 Å². The van der Waals surface area contributed by atoms with Gasteiger partial charge in [-0.15, -0.1) is 9.12 Å². The molecular formula is C59H98BO12PSSi2. The van der Waals surface area contributed by atoms with Crippen LogP contribution in [-0.2, 0) is 64.7 Å². The van der Waals surface area contributed by atoms with Crippen molar-refractivity contribution in [1.29, 1.82) is 0 Å². The molecule has 1 unspecified atom stereocenters. The molecule has 0 spiro atoms. The lowest BCUT2D eigenvalue weighted by molar-refractivity contribution is -0.285. The Balaban J connectivity index is 1.29. The summed E-state index contributed by atoms with van der Waals surface area (Å²) in [4.78, 5) is 14.2. The van der Waals surface area contributed by atoms with Gasteiger partial charge in [0.1, 0.15) is 12.5 Å². The van der Waals surface area contributed by atoms with Crippen LogP contribution in [0.1, 0.15) is 138 Å². The smallest absolute Gasteiger partial charge is 0.380 e. The minimum atomic E-state index is -2.26. The van der Waals surface area contributed by atoms with Gasteiger partial charge in [0.15, 0.2) is 22.4 Å². The predicted molar refractivity (Wildman–Crippen MR) is 318 cm³/mol. The second-order valence-corrected chi connectivity index (χ2v) is 36.4. The van der Waals surface area contributed by atoms with E-state index in [0.717, 1.165) is 41.7 Å². The van der Waals surface area contributed by atoms with Gasteiger partial charge in [0.2, 0.25) is 5.79 Å². The highest BCUT2D eigenvalue weighted by molar-refractivity contribution is 8.23. The van der Waals surface area contributed by atoms with Gasteiger partial charge in [-0.3, -0.25) is 4.79 Å². The van der Waals surface area contributed by atoms with Crippen molar-refractivity contribution >= 4 is 49.9 Å². The highest BCUT2D eigenvalue weighted by Gasteiger charge is 2.56. The summed E-state index contributed by atoms with van der Waals surface area (Å²) in [5, 5.41) is 0.0265. The molecule has 3 fully saturated rings. The molecule has 5 rings (SSSR count). The molecule has 0 saturated carbocycles. The highest BCUT2D eigenvalue weighted by atomic mass is 32.1. The zero-order valence-electron chi connectivity index (χ0n) is 49.2. The average molecular weight is 1130 g/mol. The molecule has 3 saturated heterocycles. The van der Waals surface area contributed by atoms with E-state index in [4.69, 9.17) is 51.4 Å². The number of hydrogen-bond donors (Lipinski definition) is 1. The fourth-order valence-corrected chi connectivity index (χ4v) is 13.0. The Morgan fingerprint density at radius 3 is 2.13 bits per heavy atom. The van der Waals surface area contributed by atoms with Crippen LogP contribution in [0.25, 0.3) is 0 Å². The van der Waals surface area contributed by atoms with Crippen LogP contribution in [0, 0.1) is 5.41 Å². The predicted octanol–water partition coefficient (Wildman–Crippen LogP) is 13.6. The maximum atomic E-state index is 14.2. The second kappa shape index (κ2) is 28.8. The fraction of sp³-hybridized carbons (Fsp3) is 0.712. The number of benzene rings is 2. The lowest BCUT2D eigenvalue weighted by atomic mass is 9.76. The van der Waals surface area contributed by atoms with E-state index in [1.54, 1.807) is 14.2 Å². The monoisotopic (exact) mass is 1130 g/mol. The zero-order valence-corrected chi connectivity index (χ0v) is 53.2. The molecule has 2 aromatic rings. The molecule has 12 nitrogen and oxygen atoms in total. The summed E-state index contributed by atoms with van der Waals surface area (Å²) in [6.07, 6.45) is 9.02. The van der Waals surface area contributed by atoms with E-state index in [-0.39, 0.29) is 83.5 Å². The summed E-state index contributed by atoms with van der Waals surface area (Å²) in [5.74, 6) is -1.05. The van der Waals surface area contributed by atoms with Crippen molar-refractivity contribution in [2.45, 2.75) is 237 Å². The number of methoxy groups -OCH3 is 2. The standard InChI is InChI=1S/C59H98BO12PSSi2/c1-42-32-48(28-30-58(9,10)59(63-12)55(61)27-26-49(70-59)38-54(72-76(15,16)57(6,7)8)43(2)66-41-64-39-44-20-18-17-19-21-44)68-50(33-42)35-52-37-53(71-75(13,14)56(3,4)5)36-51(69-52)34-47(29-31-67-60(73)74)65-40-45-22-24-46(62-11)25-23-45/h17-25,28,30,43,47-54,74H,1,26-27,29,31-41,73H2,2-16H3/t43-,47+,48+,49+,50+,51-,52+,53+,54-,59-/m1/s1. The summed E-state index contributed by atoms with van der Waals surface area (Å²) < 4.78 is 71.6. The van der Waals surface area contributed by atoms with Crippen LogP contribution in [0.5, 0.6) is 5.75 Å². The lowest BCUT2D eigenvalue weighted by Gasteiger charge is -2.48. The molecule has 2 aromatic carbocycles. The maximum absolute atomic E-state index is 14.2. The topological polar surface area (TPSA) is 119 Å². The Hall–Kier alpha value is -1.73. The van der Waals surface area contributed by atoms with Crippen LogP contribution < -0.4 is 4.74 Å². The number of rotatable bonds is 28. The molecular weight excluding hydrogens is 1030 g/mol. The zero-order chi connectivity index (χ0) is 56.1. The number of Topliss-reactive ketones (excluding diaryl/α,β-unsaturated/α-hetero) is 1. The van der Waals surface area contributed by atoms with Crippen LogP contribution in [-0.4, -0.2) is 117 Å². The number of thiol groups is 1. The summed E-state index contributed by atoms with van der Waals surface area (Å²) in [7, 11) is 1.46. The van der Waals surface area contributed by atoms with E-state index in [0.29, 0.717) is 64.8 Å². The first-order valence-corrected chi connectivity index (χ1v) is 34.9. The van der Waals surface area contributed by atoms with Gasteiger partial charge in [0.25, 0.3) is 0 Å². The van der Waals surface area contributed by atoms with Crippen LogP contribution in [0.3, 0.4) is 0 Å². The van der Waals surface area contributed by atoms with Gasteiger partial charge in [0, 0.05) is 44.5 Å². The minimum Gasteiger partial charge on any atom is -0.497 e. The molecule has 0 radical (unpaired) electrons. The number of hydrogen-bond acceptors (Lipinski definition) is 13. The van der Waals surface area contributed by atoms with Gasteiger partial charge in [0.05, 0.1) is 69.2 Å².